The van der Waals surface area contributed by atoms with Gasteiger partial charge in [-0.3, -0.25) is 14.7 Å². The number of hydrogen-bond acceptors (Lipinski definition) is 3. The topological polar surface area (TPSA) is 99.8 Å². The summed E-state index contributed by atoms with van der Waals surface area (Å²) in [6, 6.07) is -0.0975. The zero-order chi connectivity index (χ0) is 14.8. The Morgan fingerprint density at radius 1 is 1.45 bits per heavy atom. The molecule has 0 aromatic rings. The van der Waals surface area contributed by atoms with E-state index in [2.05, 4.69) is 15.6 Å². The van der Waals surface area contributed by atoms with E-state index < -0.39 is 5.54 Å². The summed E-state index contributed by atoms with van der Waals surface area (Å²) in [5, 5.41) is 5.80. The summed E-state index contributed by atoms with van der Waals surface area (Å²) in [4.78, 5) is 29.6. The van der Waals surface area contributed by atoms with Gasteiger partial charge in [0.05, 0.1) is 13.1 Å². The van der Waals surface area contributed by atoms with E-state index in [1.807, 2.05) is 13.8 Å². The highest BCUT2D eigenvalue weighted by Gasteiger charge is 2.52. The molecule has 4 N–H and O–H groups in total. The second kappa shape index (κ2) is 5.68. The summed E-state index contributed by atoms with van der Waals surface area (Å²) < 4.78 is 0. The van der Waals surface area contributed by atoms with Crippen LogP contribution in [-0.4, -0.2) is 47.5 Å². The molecule has 0 atom stereocenters. The van der Waals surface area contributed by atoms with E-state index in [1.165, 1.54) is 4.90 Å². The lowest BCUT2D eigenvalue weighted by atomic mass is 9.98. The van der Waals surface area contributed by atoms with Crippen molar-refractivity contribution in [2.24, 2.45) is 10.7 Å². The van der Waals surface area contributed by atoms with Crippen molar-refractivity contribution in [3.05, 3.63) is 0 Å². The molecular weight excluding hydrogens is 258 g/mol. The molecule has 112 valence electrons. The normalized spacial score (nSPS) is 21.9. The number of imide groups is 1. The molecule has 1 saturated carbocycles. The van der Waals surface area contributed by atoms with Crippen LogP contribution in [0.15, 0.2) is 4.99 Å². The van der Waals surface area contributed by atoms with E-state index in [0.717, 1.165) is 25.7 Å². The molecule has 1 spiro atoms. The van der Waals surface area contributed by atoms with Gasteiger partial charge in [-0.05, 0) is 26.7 Å². The van der Waals surface area contributed by atoms with Gasteiger partial charge in [0.25, 0.3) is 5.91 Å². The van der Waals surface area contributed by atoms with E-state index in [-0.39, 0.29) is 24.5 Å². The highest BCUT2D eigenvalue weighted by molar-refractivity contribution is 6.07. The van der Waals surface area contributed by atoms with Gasteiger partial charge in [0.15, 0.2) is 5.96 Å². The Morgan fingerprint density at radius 3 is 2.70 bits per heavy atom. The van der Waals surface area contributed by atoms with Crippen LogP contribution in [0, 0.1) is 0 Å². The van der Waals surface area contributed by atoms with Crippen molar-refractivity contribution in [3.8, 4) is 0 Å². The summed E-state index contributed by atoms with van der Waals surface area (Å²) in [5.74, 6) is 0.230. The van der Waals surface area contributed by atoms with Crippen LogP contribution < -0.4 is 16.4 Å². The fourth-order valence-corrected chi connectivity index (χ4v) is 2.81. The van der Waals surface area contributed by atoms with Crippen molar-refractivity contribution < 1.29 is 9.59 Å². The summed E-state index contributed by atoms with van der Waals surface area (Å²) in [5.41, 5.74) is 5.04. The van der Waals surface area contributed by atoms with Crippen LogP contribution in [0.1, 0.15) is 39.5 Å². The van der Waals surface area contributed by atoms with Gasteiger partial charge >= 0.3 is 6.03 Å². The molecule has 3 amide bonds. The van der Waals surface area contributed by atoms with Gasteiger partial charge in [0.1, 0.15) is 5.54 Å². The van der Waals surface area contributed by atoms with Crippen LogP contribution in [-0.2, 0) is 4.79 Å². The maximum atomic E-state index is 12.3. The Bertz CT molecular complexity index is 426. The molecule has 0 radical (unpaired) electrons. The van der Waals surface area contributed by atoms with E-state index in [9.17, 15) is 9.59 Å². The van der Waals surface area contributed by atoms with Crippen LogP contribution >= 0.6 is 0 Å². The Labute approximate surface area is 119 Å². The van der Waals surface area contributed by atoms with Crippen LogP contribution in [0.25, 0.3) is 0 Å². The second-order valence-corrected chi connectivity index (χ2v) is 5.74. The third kappa shape index (κ3) is 2.86. The number of amides is 3. The minimum Gasteiger partial charge on any atom is -0.370 e. The first-order valence-corrected chi connectivity index (χ1v) is 7.15. The zero-order valence-electron chi connectivity index (χ0n) is 12.1. The Hall–Kier alpha value is -1.79. The fourth-order valence-electron chi connectivity index (χ4n) is 2.81. The molecule has 1 heterocycles. The number of urea groups is 1. The molecule has 1 aliphatic carbocycles. The molecule has 1 saturated heterocycles. The largest absolute Gasteiger partial charge is 0.370 e. The smallest absolute Gasteiger partial charge is 0.325 e. The molecule has 2 rings (SSSR count). The number of nitrogens with two attached hydrogens (primary N) is 1. The predicted molar refractivity (Wildman–Crippen MR) is 76.2 cm³/mol. The molecule has 7 heteroatoms. The highest BCUT2D eigenvalue weighted by atomic mass is 16.2. The molecule has 0 aromatic carbocycles. The monoisotopic (exact) mass is 281 g/mol. The van der Waals surface area contributed by atoms with Crippen molar-refractivity contribution >= 4 is 17.9 Å². The van der Waals surface area contributed by atoms with Crippen LogP contribution in [0.4, 0.5) is 4.79 Å². The summed E-state index contributed by atoms with van der Waals surface area (Å²) in [6.07, 6.45) is 3.47. The van der Waals surface area contributed by atoms with E-state index >= 15 is 0 Å². The molecular formula is C13H23N5O2. The third-order valence-electron chi connectivity index (χ3n) is 3.75. The van der Waals surface area contributed by atoms with Gasteiger partial charge in [-0.25, -0.2) is 4.79 Å². The van der Waals surface area contributed by atoms with Gasteiger partial charge < -0.3 is 16.4 Å². The van der Waals surface area contributed by atoms with Gasteiger partial charge in [-0.2, -0.15) is 0 Å². The second-order valence-electron chi connectivity index (χ2n) is 5.74. The molecule has 2 aliphatic rings. The zero-order valence-corrected chi connectivity index (χ0v) is 12.1. The Balaban J connectivity index is 1.90. The van der Waals surface area contributed by atoms with E-state index in [1.54, 1.807) is 0 Å². The maximum Gasteiger partial charge on any atom is 0.325 e. The SMILES string of the molecule is CC(C)NC(N)=NCCN1C(=O)NC2(CCCC2)C1=O. The van der Waals surface area contributed by atoms with E-state index in [4.69, 9.17) is 5.73 Å². The van der Waals surface area contributed by atoms with Gasteiger partial charge in [0.2, 0.25) is 0 Å². The number of guanidine groups is 1. The maximum absolute atomic E-state index is 12.3. The van der Waals surface area contributed by atoms with Crippen LogP contribution in [0.2, 0.25) is 0 Å². The molecule has 1 aliphatic heterocycles. The number of carbonyl (C=O) groups excluding carboxylic acids is 2. The van der Waals surface area contributed by atoms with Gasteiger partial charge in [-0.15, -0.1) is 0 Å². The lowest BCUT2D eigenvalue weighted by Gasteiger charge is -2.19. The average molecular weight is 281 g/mol. The molecule has 20 heavy (non-hydrogen) atoms. The lowest BCUT2D eigenvalue weighted by molar-refractivity contribution is -0.131. The van der Waals surface area contributed by atoms with E-state index in [0.29, 0.717) is 12.5 Å². The minimum absolute atomic E-state index is 0.106. The predicted octanol–water partition coefficient (Wildman–Crippen LogP) is 0.164. The number of rotatable bonds is 4. The van der Waals surface area contributed by atoms with Crippen molar-refractivity contribution in [2.75, 3.05) is 13.1 Å². The number of aliphatic imine (C=N–C) groups is 1. The Morgan fingerprint density at radius 2 is 2.10 bits per heavy atom. The molecule has 0 bridgehead atoms. The molecule has 7 nitrogen and oxygen atoms in total. The number of nitrogens with one attached hydrogen (secondary N) is 2. The average Bonchev–Trinajstić information content (AvgIpc) is 2.90. The van der Waals surface area contributed by atoms with Crippen LogP contribution in [0.3, 0.4) is 0 Å². The Kier molecular flexibility index (Phi) is 4.15. The van der Waals surface area contributed by atoms with Crippen molar-refractivity contribution in [1.29, 1.82) is 0 Å². The molecule has 0 aromatic heterocycles. The van der Waals surface area contributed by atoms with Crippen molar-refractivity contribution in [1.82, 2.24) is 15.5 Å². The molecule has 2 fully saturated rings. The van der Waals surface area contributed by atoms with Gasteiger partial charge in [-0.1, -0.05) is 12.8 Å². The van der Waals surface area contributed by atoms with Crippen molar-refractivity contribution in [3.63, 3.8) is 0 Å². The third-order valence-corrected chi connectivity index (χ3v) is 3.75. The number of carbonyl (C=O) groups is 2. The number of nitrogens with zero attached hydrogens (tertiary/aromatic N) is 2. The fraction of sp³-hybridized carbons (Fsp3) is 0.769. The summed E-state index contributed by atoms with van der Waals surface area (Å²) >= 11 is 0. The van der Waals surface area contributed by atoms with Gasteiger partial charge in [0, 0.05) is 6.04 Å². The number of hydrogen-bond donors (Lipinski definition) is 3. The summed E-state index contributed by atoms with van der Waals surface area (Å²) in [6.45, 7) is 4.51. The van der Waals surface area contributed by atoms with Crippen LogP contribution in [0.5, 0.6) is 0 Å². The molecule has 0 unspecified atom stereocenters. The first-order chi connectivity index (χ1) is 9.44. The first kappa shape index (κ1) is 14.6. The highest BCUT2D eigenvalue weighted by Crippen LogP contribution is 2.34. The standard InChI is InChI=1S/C13H23N5O2/c1-9(2)16-11(14)15-7-8-18-10(19)13(17-12(18)20)5-3-4-6-13/h9H,3-8H2,1-2H3,(H,17,20)(H3,14,15,16). The quantitative estimate of drug-likeness (QED) is 0.388. The van der Waals surface area contributed by atoms with Crippen molar-refractivity contribution in [2.45, 2.75) is 51.1 Å². The minimum atomic E-state index is -0.636. The lowest BCUT2D eigenvalue weighted by Crippen LogP contribution is -2.44. The summed E-state index contributed by atoms with van der Waals surface area (Å²) in [7, 11) is 0. The first-order valence-electron chi connectivity index (χ1n) is 7.15.